The Hall–Kier alpha value is -2.87. The first-order valence-corrected chi connectivity index (χ1v) is 17.3. The van der Waals surface area contributed by atoms with Crippen LogP contribution in [0.15, 0.2) is 121 Å². The summed E-state index contributed by atoms with van der Waals surface area (Å²) in [6.45, 7) is 3.99. The summed E-state index contributed by atoms with van der Waals surface area (Å²) < 4.78 is 41.4. The SMILES string of the molecule is CCCC(F)[Si](O[Si](c1ccccc1)(c1ccccc1)C(F)CCC)(c1ccccc1)c1ccccc1. The van der Waals surface area contributed by atoms with Gasteiger partial charge in [0.2, 0.25) is 0 Å². The summed E-state index contributed by atoms with van der Waals surface area (Å²) >= 11 is 0. The monoisotopic (exact) mass is 530 g/mol. The van der Waals surface area contributed by atoms with E-state index in [1.54, 1.807) is 0 Å². The van der Waals surface area contributed by atoms with Gasteiger partial charge in [0.1, 0.15) is 11.6 Å². The lowest BCUT2D eigenvalue weighted by atomic mass is 10.3. The number of halogens is 2. The highest BCUT2D eigenvalue weighted by Crippen LogP contribution is 2.29. The Labute approximate surface area is 222 Å². The molecule has 4 rings (SSSR count). The molecule has 0 saturated carbocycles. The average molecular weight is 531 g/mol. The number of benzene rings is 4. The average Bonchev–Trinajstić information content (AvgIpc) is 2.96. The Morgan fingerprint density at radius 1 is 0.486 bits per heavy atom. The molecular weight excluding hydrogens is 495 g/mol. The summed E-state index contributed by atoms with van der Waals surface area (Å²) in [5, 5.41) is 3.37. The van der Waals surface area contributed by atoms with Crippen molar-refractivity contribution in [2.45, 2.75) is 51.1 Å². The van der Waals surface area contributed by atoms with Crippen molar-refractivity contribution >= 4 is 37.4 Å². The molecule has 0 spiro atoms. The summed E-state index contributed by atoms with van der Waals surface area (Å²) in [5.74, 6) is -2.48. The van der Waals surface area contributed by atoms with Gasteiger partial charge in [0, 0.05) is 0 Å². The number of hydrogen-bond acceptors (Lipinski definition) is 1. The van der Waals surface area contributed by atoms with Crippen LogP contribution in [0.2, 0.25) is 0 Å². The molecule has 0 fully saturated rings. The lowest BCUT2D eigenvalue weighted by Crippen LogP contribution is -2.79. The van der Waals surface area contributed by atoms with Gasteiger partial charge in [0.25, 0.3) is 16.6 Å². The van der Waals surface area contributed by atoms with E-state index in [2.05, 4.69) is 0 Å². The molecule has 0 saturated heterocycles. The third-order valence-corrected chi connectivity index (χ3v) is 16.8. The summed E-state index contributed by atoms with van der Waals surface area (Å²) in [4.78, 5) is 0. The van der Waals surface area contributed by atoms with Gasteiger partial charge in [-0.1, -0.05) is 148 Å². The van der Waals surface area contributed by atoms with Gasteiger partial charge in [0.05, 0.1) is 0 Å². The van der Waals surface area contributed by atoms with Crippen LogP contribution in [-0.2, 0) is 4.12 Å². The molecule has 0 bridgehead atoms. The van der Waals surface area contributed by atoms with Crippen LogP contribution >= 0.6 is 0 Å². The van der Waals surface area contributed by atoms with Gasteiger partial charge in [-0.2, -0.15) is 0 Å². The molecule has 0 heterocycles. The minimum atomic E-state index is -3.61. The first kappa shape index (κ1) is 27.2. The fourth-order valence-electron chi connectivity index (χ4n) is 5.33. The fraction of sp³-hybridized carbons (Fsp3) is 0.250. The topological polar surface area (TPSA) is 9.23 Å². The lowest BCUT2D eigenvalue weighted by Gasteiger charge is -2.46. The van der Waals surface area contributed by atoms with Crippen molar-refractivity contribution in [1.29, 1.82) is 0 Å². The maximum absolute atomic E-state index is 16.9. The smallest absolute Gasteiger partial charge is 0.280 e. The van der Waals surface area contributed by atoms with Crippen molar-refractivity contribution in [2.24, 2.45) is 0 Å². The predicted molar refractivity (Wildman–Crippen MR) is 157 cm³/mol. The Bertz CT molecular complexity index is 1030. The van der Waals surface area contributed by atoms with E-state index in [1.165, 1.54) is 0 Å². The molecule has 0 aromatic heterocycles. The second-order valence-electron chi connectivity index (χ2n) is 9.55. The molecular formula is C32H36F2OSi2. The standard InChI is InChI=1S/C32H36F2OSi2/c1-3-17-31(33)36(27-19-9-5-10-20-27,28-21-11-6-12-22-28)35-37(32(34)18-4-2,29-23-13-7-14-24-29)30-25-15-8-16-26-30/h5-16,19-26,31-32H,3-4,17-18H2,1-2H3. The summed E-state index contributed by atoms with van der Waals surface area (Å²) in [6.07, 6.45) is 2.07. The second-order valence-corrected chi connectivity index (χ2v) is 16.9. The van der Waals surface area contributed by atoms with Gasteiger partial charge in [-0.05, 0) is 33.6 Å². The number of alkyl halides is 2. The van der Waals surface area contributed by atoms with E-state index < -0.39 is 28.2 Å². The molecule has 4 aromatic carbocycles. The van der Waals surface area contributed by atoms with Gasteiger partial charge in [-0.15, -0.1) is 0 Å². The number of rotatable bonds is 12. The highest BCUT2D eigenvalue weighted by Gasteiger charge is 2.58. The molecule has 2 atom stereocenters. The van der Waals surface area contributed by atoms with Crippen molar-refractivity contribution in [3.05, 3.63) is 121 Å². The molecule has 192 valence electrons. The highest BCUT2D eigenvalue weighted by atomic mass is 28.4. The minimum absolute atomic E-state index is 0.356. The third-order valence-electron chi connectivity index (χ3n) is 7.10. The molecule has 2 unspecified atom stereocenters. The molecule has 1 nitrogen and oxygen atoms in total. The van der Waals surface area contributed by atoms with E-state index in [0.717, 1.165) is 20.7 Å². The minimum Gasteiger partial charge on any atom is -0.439 e. The molecule has 0 aliphatic carbocycles. The van der Waals surface area contributed by atoms with Gasteiger partial charge >= 0.3 is 0 Å². The Balaban J connectivity index is 2.09. The van der Waals surface area contributed by atoms with Crippen LogP contribution in [0.5, 0.6) is 0 Å². The van der Waals surface area contributed by atoms with E-state index in [1.807, 2.05) is 135 Å². The second kappa shape index (κ2) is 12.6. The highest BCUT2D eigenvalue weighted by molar-refractivity contribution is 7.10. The van der Waals surface area contributed by atoms with E-state index >= 15 is 8.78 Å². The van der Waals surface area contributed by atoms with Crippen LogP contribution in [0.1, 0.15) is 39.5 Å². The van der Waals surface area contributed by atoms with Crippen LogP contribution in [0.25, 0.3) is 0 Å². The van der Waals surface area contributed by atoms with Crippen LogP contribution in [0, 0.1) is 0 Å². The molecule has 0 aliphatic rings. The Morgan fingerprint density at radius 3 is 0.946 bits per heavy atom. The van der Waals surface area contributed by atoms with Crippen molar-refractivity contribution < 1.29 is 12.9 Å². The lowest BCUT2D eigenvalue weighted by molar-refractivity contribution is 0.336. The van der Waals surface area contributed by atoms with Gasteiger partial charge in [-0.3, -0.25) is 0 Å². The zero-order valence-corrected chi connectivity index (χ0v) is 23.7. The molecule has 0 aliphatic heterocycles. The molecule has 0 N–H and O–H groups in total. The van der Waals surface area contributed by atoms with Crippen LogP contribution in [0.4, 0.5) is 8.78 Å². The normalized spacial score (nSPS) is 13.7. The summed E-state index contributed by atoms with van der Waals surface area (Å²) in [5.41, 5.74) is 0. The maximum atomic E-state index is 16.9. The predicted octanol–water partition coefficient (Wildman–Crippen LogP) is 5.88. The van der Waals surface area contributed by atoms with E-state index in [4.69, 9.17) is 4.12 Å². The number of hydrogen-bond donors (Lipinski definition) is 0. The molecule has 0 radical (unpaired) electrons. The Kier molecular flexibility index (Phi) is 9.25. The first-order chi connectivity index (χ1) is 18.1. The quantitative estimate of drug-likeness (QED) is 0.208. The van der Waals surface area contributed by atoms with Crippen LogP contribution in [-0.4, -0.2) is 28.2 Å². The Morgan fingerprint density at radius 2 is 0.730 bits per heavy atom. The van der Waals surface area contributed by atoms with E-state index in [9.17, 15) is 0 Å². The zero-order valence-electron chi connectivity index (χ0n) is 21.7. The molecule has 5 heteroatoms. The fourth-order valence-corrected chi connectivity index (χ4v) is 16.5. The van der Waals surface area contributed by atoms with E-state index in [-0.39, 0.29) is 0 Å². The first-order valence-electron chi connectivity index (χ1n) is 13.3. The van der Waals surface area contributed by atoms with E-state index in [0.29, 0.717) is 25.7 Å². The van der Waals surface area contributed by atoms with Gasteiger partial charge in [-0.25, -0.2) is 8.78 Å². The van der Waals surface area contributed by atoms with Crippen molar-refractivity contribution in [3.8, 4) is 0 Å². The summed E-state index contributed by atoms with van der Waals surface area (Å²) in [6, 6.07) is 39.1. The third kappa shape index (κ3) is 5.40. The molecule has 0 amide bonds. The van der Waals surface area contributed by atoms with Crippen LogP contribution < -0.4 is 20.7 Å². The van der Waals surface area contributed by atoms with Crippen LogP contribution in [0.3, 0.4) is 0 Å². The van der Waals surface area contributed by atoms with Gasteiger partial charge in [0.15, 0.2) is 0 Å². The molecule has 4 aromatic rings. The zero-order chi connectivity index (χ0) is 26.1. The van der Waals surface area contributed by atoms with Crippen molar-refractivity contribution in [3.63, 3.8) is 0 Å². The summed E-state index contributed by atoms with van der Waals surface area (Å²) in [7, 11) is -7.22. The maximum Gasteiger partial charge on any atom is 0.280 e. The van der Waals surface area contributed by atoms with Gasteiger partial charge < -0.3 is 4.12 Å². The largest absolute Gasteiger partial charge is 0.439 e. The van der Waals surface area contributed by atoms with Crippen molar-refractivity contribution in [1.82, 2.24) is 0 Å². The van der Waals surface area contributed by atoms with Crippen molar-refractivity contribution in [2.75, 3.05) is 0 Å². The molecule has 37 heavy (non-hydrogen) atoms.